The van der Waals surface area contributed by atoms with Gasteiger partial charge in [-0.2, -0.15) is 0 Å². The normalized spacial score (nSPS) is 13.3. The fourth-order valence-corrected chi connectivity index (χ4v) is 6.48. The molecule has 3 heterocycles. The summed E-state index contributed by atoms with van der Waals surface area (Å²) in [5.74, 6) is -0.0336. The van der Waals surface area contributed by atoms with Gasteiger partial charge < -0.3 is 4.90 Å². The monoisotopic (exact) mass is 585 g/mol. The fraction of sp³-hybridized carbons (Fsp3) is 0.324. The molecule has 0 atom stereocenters. The third-order valence-electron chi connectivity index (χ3n) is 7.60. The largest absolute Gasteiger partial charge is 0.339 e. The number of aromatic nitrogens is 2. The van der Waals surface area contributed by atoms with Crippen molar-refractivity contribution in [3.05, 3.63) is 97.2 Å². The molecule has 0 radical (unpaired) electrons. The molecule has 1 fully saturated rings. The van der Waals surface area contributed by atoms with Crippen molar-refractivity contribution < 1.29 is 4.79 Å². The van der Waals surface area contributed by atoms with E-state index in [9.17, 15) is 9.59 Å². The topological polar surface area (TPSA) is 55.2 Å². The van der Waals surface area contributed by atoms with Crippen LogP contribution in [0.1, 0.15) is 74.1 Å². The van der Waals surface area contributed by atoms with Gasteiger partial charge in [0.05, 0.1) is 28.2 Å². The number of carbonyl (C=O) groups excluding carboxylic acids is 1. The van der Waals surface area contributed by atoms with Crippen molar-refractivity contribution in [1.82, 2.24) is 14.5 Å². The maximum atomic E-state index is 14.6. The Hall–Kier alpha value is -3.48. The zero-order valence-corrected chi connectivity index (χ0v) is 25.7. The predicted octanol–water partition coefficient (Wildman–Crippen LogP) is 8.46. The SMILES string of the molecule is CCc1cccc(CC)c1-n1c(C=C(C)C)c(C(=O)N2CCCCC2)cc(-c2nc(-c3ccc(Cl)cc3)cs2)c1=O. The highest BCUT2D eigenvalue weighted by molar-refractivity contribution is 7.13. The van der Waals surface area contributed by atoms with E-state index in [1.807, 2.05) is 54.5 Å². The van der Waals surface area contributed by atoms with E-state index >= 15 is 0 Å². The molecule has 5 rings (SSSR count). The summed E-state index contributed by atoms with van der Waals surface area (Å²) in [6.07, 6.45) is 6.63. The molecule has 1 aliphatic heterocycles. The second kappa shape index (κ2) is 12.6. The molecule has 0 spiro atoms. The van der Waals surface area contributed by atoms with Gasteiger partial charge in [0.2, 0.25) is 0 Å². The number of allylic oxidation sites excluding steroid dienone is 1. The number of carbonyl (C=O) groups is 1. The van der Waals surface area contributed by atoms with Crippen LogP contribution in [0.15, 0.2) is 64.3 Å². The summed E-state index contributed by atoms with van der Waals surface area (Å²) in [6, 6.07) is 15.5. The van der Waals surface area contributed by atoms with Crippen molar-refractivity contribution in [1.29, 1.82) is 0 Å². The minimum absolute atomic E-state index is 0.0336. The molecule has 0 bridgehead atoms. The molecule has 2 aromatic carbocycles. The molecule has 4 aromatic rings. The van der Waals surface area contributed by atoms with Gasteiger partial charge in [-0.15, -0.1) is 11.3 Å². The summed E-state index contributed by atoms with van der Waals surface area (Å²) in [5.41, 5.74) is 7.19. The molecule has 0 aliphatic carbocycles. The van der Waals surface area contributed by atoms with Crippen LogP contribution in [-0.4, -0.2) is 33.4 Å². The summed E-state index contributed by atoms with van der Waals surface area (Å²) < 4.78 is 1.79. The Balaban J connectivity index is 1.82. The Morgan fingerprint density at radius 2 is 1.66 bits per heavy atom. The highest BCUT2D eigenvalue weighted by atomic mass is 35.5. The number of pyridine rings is 1. The van der Waals surface area contributed by atoms with Crippen LogP contribution in [0, 0.1) is 0 Å². The maximum absolute atomic E-state index is 14.6. The highest BCUT2D eigenvalue weighted by Crippen LogP contribution is 2.32. The van der Waals surface area contributed by atoms with Crippen molar-refractivity contribution in [2.24, 2.45) is 0 Å². The fourth-order valence-electron chi connectivity index (χ4n) is 5.51. The number of hydrogen-bond acceptors (Lipinski definition) is 4. The van der Waals surface area contributed by atoms with Crippen LogP contribution in [0.4, 0.5) is 0 Å². The molecule has 1 saturated heterocycles. The number of thiazole rings is 1. The highest BCUT2D eigenvalue weighted by Gasteiger charge is 2.27. The number of amides is 1. The van der Waals surface area contributed by atoms with Crippen molar-refractivity contribution in [2.45, 2.75) is 59.8 Å². The molecule has 212 valence electrons. The quantitative estimate of drug-likeness (QED) is 0.219. The first-order chi connectivity index (χ1) is 19.8. The second-order valence-electron chi connectivity index (χ2n) is 10.7. The first-order valence-corrected chi connectivity index (χ1v) is 15.6. The Labute approximate surface area is 251 Å². The molecule has 7 heteroatoms. The van der Waals surface area contributed by atoms with Gasteiger partial charge in [0.25, 0.3) is 11.5 Å². The zero-order chi connectivity index (χ0) is 29.1. The van der Waals surface area contributed by atoms with Gasteiger partial charge in [0.1, 0.15) is 5.01 Å². The van der Waals surface area contributed by atoms with Gasteiger partial charge in [-0.3, -0.25) is 14.2 Å². The molecular weight excluding hydrogens is 550 g/mol. The maximum Gasteiger partial charge on any atom is 0.265 e. The smallest absolute Gasteiger partial charge is 0.265 e. The number of piperidine rings is 1. The number of rotatable bonds is 7. The van der Waals surface area contributed by atoms with E-state index in [0.717, 1.165) is 78.8 Å². The Kier molecular flexibility index (Phi) is 8.91. The molecule has 0 saturated carbocycles. The van der Waals surface area contributed by atoms with E-state index in [0.29, 0.717) is 26.9 Å². The molecule has 0 N–H and O–H groups in total. The summed E-state index contributed by atoms with van der Waals surface area (Å²) >= 11 is 7.52. The Morgan fingerprint density at radius 3 is 2.27 bits per heavy atom. The lowest BCUT2D eigenvalue weighted by Gasteiger charge is -2.28. The Bertz CT molecular complexity index is 1630. The molecule has 1 amide bonds. The minimum atomic E-state index is -0.166. The lowest BCUT2D eigenvalue weighted by Crippen LogP contribution is -2.37. The van der Waals surface area contributed by atoms with Gasteiger partial charge in [0.15, 0.2) is 0 Å². The second-order valence-corrected chi connectivity index (χ2v) is 12.0. The lowest BCUT2D eigenvalue weighted by atomic mass is 9.99. The number of hydrogen-bond donors (Lipinski definition) is 0. The van der Waals surface area contributed by atoms with Crippen molar-refractivity contribution in [3.63, 3.8) is 0 Å². The van der Waals surface area contributed by atoms with Crippen LogP contribution in [0.5, 0.6) is 0 Å². The van der Waals surface area contributed by atoms with Gasteiger partial charge in [-0.1, -0.05) is 61.4 Å². The van der Waals surface area contributed by atoms with Crippen molar-refractivity contribution >= 4 is 34.9 Å². The zero-order valence-electron chi connectivity index (χ0n) is 24.2. The third-order valence-corrected chi connectivity index (χ3v) is 8.73. The number of benzene rings is 2. The average molecular weight is 586 g/mol. The van der Waals surface area contributed by atoms with Crippen LogP contribution in [0.2, 0.25) is 5.02 Å². The molecule has 0 unspecified atom stereocenters. The van der Waals surface area contributed by atoms with E-state index in [2.05, 4.69) is 32.0 Å². The van der Waals surface area contributed by atoms with E-state index in [-0.39, 0.29) is 11.5 Å². The summed E-state index contributed by atoms with van der Waals surface area (Å²) in [6.45, 7) is 9.67. The number of likely N-dealkylation sites (tertiary alicyclic amines) is 1. The standard InChI is InChI=1S/C34H36ClN3O2S/c1-5-23-11-10-12-24(6-2)31(23)38-30(19-22(3)4)27(33(39)37-17-8-7-9-18-37)20-28(34(38)40)32-36-29(21-41-32)25-13-15-26(35)16-14-25/h10-16,19-21H,5-9,17-18H2,1-4H3. The number of nitrogens with zero attached hydrogens (tertiary/aromatic N) is 3. The van der Waals surface area contributed by atoms with Crippen LogP contribution >= 0.6 is 22.9 Å². The van der Waals surface area contributed by atoms with Crippen molar-refractivity contribution in [3.8, 4) is 27.5 Å². The van der Waals surface area contributed by atoms with Gasteiger partial charge in [-0.05, 0) is 81.4 Å². The summed E-state index contributed by atoms with van der Waals surface area (Å²) in [5, 5.41) is 3.21. The summed E-state index contributed by atoms with van der Waals surface area (Å²) in [4.78, 5) is 35.6. The van der Waals surface area contributed by atoms with Gasteiger partial charge in [0, 0.05) is 29.1 Å². The first-order valence-electron chi connectivity index (χ1n) is 14.4. The van der Waals surface area contributed by atoms with Crippen molar-refractivity contribution in [2.75, 3.05) is 13.1 Å². The van der Waals surface area contributed by atoms with E-state index in [1.165, 1.54) is 11.3 Å². The molecular formula is C34H36ClN3O2S. The van der Waals surface area contributed by atoms with Gasteiger partial charge >= 0.3 is 0 Å². The van der Waals surface area contributed by atoms with E-state index < -0.39 is 0 Å². The average Bonchev–Trinajstić information content (AvgIpc) is 3.47. The predicted molar refractivity (Wildman–Crippen MR) is 171 cm³/mol. The van der Waals surface area contributed by atoms with E-state index in [1.54, 1.807) is 10.6 Å². The molecule has 41 heavy (non-hydrogen) atoms. The van der Waals surface area contributed by atoms with E-state index in [4.69, 9.17) is 16.6 Å². The number of aryl methyl sites for hydroxylation is 2. The summed E-state index contributed by atoms with van der Waals surface area (Å²) in [7, 11) is 0. The van der Waals surface area contributed by atoms with Crippen LogP contribution in [0.3, 0.4) is 0 Å². The Morgan fingerprint density at radius 1 is 1.00 bits per heavy atom. The minimum Gasteiger partial charge on any atom is -0.339 e. The van der Waals surface area contributed by atoms with Crippen LogP contribution < -0.4 is 5.56 Å². The van der Waals surface area contributed by atoms with Crippen LogP contribution in [0.25, 0.3) is 33.6 Å². The third kappa shape index (κ3) is 5.95. The molecule has 1 aliphatic rings. The first kappa shape index (κ1) is 29.0. The number of para-hydroxylation sites is 1. The lowest BCUT2D eigenvalue weighted by molar-refractivity contribution is 0.0723. The molecule has 5 nitrogen and oxygen atoms in total. The number of halogens is 1. The van der Waals surface area contributed by atoms with Crippen LogP contribution in [-0.2, 0) is 12.8 Å². The van der Waals surface area contributed by atoms with Gasteiger partial charge in [-0.25, -0.2) is 4.98 Å². The molecule has 2 aromatic heterocycles.